The van der Waals surface area contributed by atoms with Gasteiger partial charge in [0, 0.05) is 0 Å². The van der Waals surface area contributed by atoms with E-state index in [1.165, 1.54) is 0 Å². The summed E-state index contributed by atoms with van der Waals surface area (Å²) in [6.45, 7) is 3.65. The molecule has 4 N–H and O–H groups in total. The lowest BCUT2D eigenvalue weighted by Gasteiger charge is -2.45. The van der Waals surface area contributed by atoms with Crippen molar-refractivity contribution in [2.45, 2.75) is 108 Å². The highest BCUT2D eigenvalue weighted by molar-refractivity contribution is 6.05. The van der Waals surface area contributed by atoms with Gasteiger partial charge >= 0.3 is 0 Å². The fourth-order valence-electron chi connectivity index (χ4n) is 4.59. The van der Waals surface area contributed by atoms with Crippen molar-refractivity contribution in [1.29, 1.82) is 0 Å². The first-order chi connectivity index (χ1) is 12.2. The van der Waals surface area contributed by atoms with Gasteiger partial charge in [-0.3, -0.25) is 9.59 Å². The van der Waals surface area contributed by atoms with Crippen molar-refractivity contribution >= 4 is 11.8 Å². The fraction of sp³-hybridized carbons (Fsp3) is 0.900. The number of carbonyl (C=O) groups is 2. The van der Waals surface area contributed by atoms with E-state index >= 15 is 0 Å². The number of hydrogen-bond donors (Lipinski definition) is 4. The van der Waals surface area contributed by atoms with Gasteiger partial charge < -0.3 is 20.8 Å². The molecule has 6 nitrogen and oxygen atoms in total. The number of amides is 2. The molecule has 3 fully saturated rings. The maximum atomic E-state index is 13.1. The summed E-state index contributed by atoms with van der Waals surface area (Å²) in [6, 6.07) is -0.716. The number of aliphatic hydroxyl groups is 2. The fourth-order valence-corrected chi connectivity index (χ4v) is 4.59. The molecule has 26 heavy (non-hydrogen) atoms. The van der Waals surface area contributed by atoms with E-state index in [1.54, 1.807) is 0 Å². The topological polar surface area (TPSA) is 98.7 Å². The quantitative estimate of drug-likeness (QED) is 0.539. The zero-order chi connectivity index (χ0) is 19.0. The van der Waals surface area contributed by atoms with E-state index in [-0.39, 0.29) is 23.9 Å². The van der Waals surface area contributed by atoms with Crippen LogP contribution in [0.3, 0.4) is 0 Å². The van der Waals surface area contributed by atoms with Crippen molar-refractivity contribution in [2.75, 3.05) is 0 Å². The van der Waals surface area contributed by atoms with E-state index in [0.717, 1.165) is 32.1 Å². The van der Waals surface area contributed by atoms with Crippen LogP contribution in [0.25, 0.3) is 0 Å². The molecule has 3 saturated carbocycles. The molecular formula is C20H34N2O4. The van der Waals surface area contributed by atoms with Gasteiger partial charge in [0.15, 0.2) is 0 Å². The van der Waals surface area contributed by atoms with Crippen LogP contribution in [0.2, 0.25) is 0 Å². The maximum Gasteiger partial charge on any atom is 0.236 e. The van der Waals surface area contributed by atoms with Crippen molar-refractivity contribution < 1.29 is 19.8 Å². The van der Waals surface area contributed by atoms with Crippen molar-refractivity contribution in [3.8, 4) is 0 Å². The third-order valence-electron chi connectivity index (χ3n) is 7.32. The lowest BCUT2D eigenvalue weighted by Crippen LogP contribution is -2.63. The Morgan fingerprint density at radius 3 is 1.38 bits per heavy atom. The zero-order valence-corrected chi connectivity index (χ0v) is 16.1. The molecule has 0 aromatic rings. The SMILES string of the molecule is C[C@@H](NC(=O)C1(C(=O)N[C@H](C)C2(O)CCC2)CCCCC1)C1(O)CCC1. The normalized spacial score (nSPS) is 28.0. The van der Waals surface area contributed by atoms with Crippen molar-refractivity contribution in [3.05, 3.63) is 0 Å². The number of nitrogens with one attached hydrogen (secondary N) is 2. The van der Waals surface area contributed by atoms with Gasteiger partial charge in [0.1, 0.15) is 5.41 Å². The summed E-state index contributed by atoms with van der Waals surface area (Å²) in [5, 5.41) is 26.9. The summed E-state index contributed by atoms with van der Waals surface area (Å²) >= 11 is 0. The predicted molar refractivity (Wildman–Crippen MR) is 98.3 cm³/mol. The molecule has 0 radical (unpaired) electrons. The van der Waals surface area contributed by atoms with E-state index in [2.05, 4.69) is 10.6 Å². The number of rotatable bonds is 6. The minimum atomic E-state index is -1.08. The third kappa shape index (κ3) is 3.38. The Labute approximate surface area is 156 Å². The third-order valence-corrected chi connectivity index (χ3v) is 7.32. The highest BCUT2D eigenvalue weighted by Crippen LogP contribution is 2.40. The van der Waals surface area contributed by atoms with Crippen LogP contribution in [-0.4, -0.2) is 45.3 Å². The number of hydrogen-bond acceptors (Lipinski definition) is 4. The summed E-state index contributed by atoms with van der Waals surface area (Å²) in [5.41, 5.74) is -2.76. The maximum absolute atomic E-state index is 13.1. The molecule has 3 aliphatic carbocycles. The molecule has 0 spiro atoms. The molecule has 2 amide bonds. The molecule has 148 valence electrons. The molecule has 0 heterocycles. The van der Waals surface area contributed by atoms with Crippen LogP contribution >= 0.6 is 0 Å². The summed E-state index contributed by atoms with van der Waals surface area (Å²) < 4.78 is 0. The van der Waals surface area contributed by atoms with Crippen molar-refractivity contribution in [1.82, 2.24) is 10.6 Å². The van der Waals surface area contributed by atoms with Crippen LogP contribution in [0.4, 0.5) is 0 Å². The van der Waals surface area contributed by atoms with Crippen LogP contribution < -0.4 is 10.6 Å². The average Bonchev–Trinajstić information content (AvgIpc) is 2.57. The molecule has 3 aliphatic rings. The smallest absolute Gasteiger partial charge is 0.236 e. The Hall–Kier alpha value is -1.14. The van der Waals surface area contributed by atoms with Crippen LogP contribution in [-0.2, 0) is 9.59 Å². The van der Waals surface area contributed by atoms with Crippen LogP contribution in [0.15, 0.2) is 0 Å². The Bertz CT molecular complexity index is 506. The van der Waals surface area contributed by atoms with E-state index in [0.29, 0.717) is 38.5 Å². The van der Waals surface area contributed by atoms with Gasteiger partial charge in [-0.2, -0.15) is 0 Å². The zero-order valence-electron chi connectivity index (χ0n) is 16.1. The molecule has 0 aliphatic heterocycles. The van der Waals surface area contributed by atoms with Gasteiger partial charge in [-0.25, -0.2) is 0 Å². The van der Waals surface area contributed by atoms with Crippen LogP contribution in [0, 0.1) is 5.41 Å². The monoisotopic (exact) mass is 366 g/mol. The van der Waals surface area contributed by atoms with Crippen molar-refractivity contribution in [3.63, 3.8) is 0 Å². The van der Waals surface area contributed by atoms with Gasteiger partial charge in [-0.15, -0.1) is 0 Å². The molecule has 6 heteroatoms. The Morgan fingerprint density at radius 2 is 1.08 bits per heavy atom. The van der Waals surface area contributed by atoms with E-state index in [9.17, 15) is 19.8 Å². The first-order valence-electron chi connectivity index (χ1n) is 10.3. The van der Waals surface area contributed by atoms with Gasteiger partial charge in [0.25, 0.3) is 0 Å². The van der Waals surface area contributed by atoms with Gasteiger partial charge in [-0.05, 0) is 65.2 Å². The molecule has 3 rings (SSSR count). The van der Waals surface area contributed by atoms with Crippen molar-refractivity contribution in [2.24, 2.45) is 5.41 Å². The first-order valence-corrected chi connectivity index (χ1v) is 10.3. The summed E-state index contributed by atoms with van der Waals surface area (Å²) in [4.78, 5) is 26.3. The standard InChI is InChI=1S/C20H34N2O4/c1-14(19(25)10-6-11-19)21-16(23)18(8-4-3-5-9-18)17(24)22-15(2)20(26)12-7-13-20/h14-15,25-26H,3-13H2,1-2H3,(H,21,23)(H,22,24)/t14-,15-/m1/s1. The Balaban J connectivity index is 1.70. The van der Waals surface area contributed by atoms with Crippen LogP contribution in [0.1, 0.15) is 84.5 Å². The average molecular weight is 367 g/mol. The minimum absolute atomic E-state index is 0.268. The largest absolute Gasteiger partial charge is 0.388 e. The van der Waals surface area contributed by atoms with E-state index in [4.69, 9.17) is 0 Å². The second kappa shape index (κ2) is 7.12. The molecular weight excluding hydrogens is 332 g/mol. The van der Waals surface area contributed by atoms with Gasteiger partial charge in [-0.1, -0.05) is 19.3 Å². The Kier molecular flexibility index (Phi) is 5.37. The summed E-state index contributed by atoms with van der Waals surface area (Å²) in [6.07, 6.45) is 8.49. The highest BCUT2D eigenvalue weighted by Gasteiger charge is 2.50. The molecule has 0 bridgehead atoms. The lowest BCUT2D eigenvalue weighted by atomic mass is 9.70. The number of carbonyl (C=O) groups excluding carboxylic acids is 2. The molecule has 0 unspecified atom stereocenters. The predicted octanol–water partition coefficient (Wildman–Crippen LogP) is 1.78. The second-order valence-corrected chi connectivity index (χ2v) is 8.95. The summed E-state index contributed by atoms with van der Waals surface area (Å²) in [7, 11) is 0. The Morgan fingerprint density at radius 1 is 0.692 bits per heavy atom. The lowest BCUT2D eigenvalue weighted by molar-refractivity contribution is -0.151. The van der Waals surface area contributed by atoms with Gasteiger partial charge in [0.05, 0.1) is 23.3 Å². The second-order valence-electron chi connectivity index (χ2n) is 8.95. The van der Waals surface area contributed by atoms with Crippen LogP contribution in [0.5, 0.6) is 0 Å². The molecule has 0 saturated heterocycles. The minimum Gasteiger partial charge on any atom is -0.388 e. The summed E-state index contributed by atoms with van der Waals surface area (Å²) in [5.74, 6) is -0.536. The highest BCUT2D eigenvalue weighted by atomic mass is 16.3. The van der Waals surface area contributed by atoms with E-state index < -0.39 is 16.6 Å². The first kappa shape index (κ1) is 19.6. The molecule has 0 aromatic carbocycles. The van der Waals surface area contributed by atoms with Gasteiger partial charge in [0.2, 0.25) is 11.8 Å². The molecule has 0 aromatic heterocycles. The molecule has 2 atom stereocenters. The van der Waals surface area contributed by atoms with E-state index in [1.807, 2.05) is 13.8 Å².